The first-order valence-electron chi connectivity index (χ1n) is 7.58. The van der Waals surface area contributed by atoms with Crippen LogP contribution in [-0.4, -0.2) is 43.0 Å². The van der Waals surface area contributed by atoms with Crippen LogP contribution in [0.2, 0.25) is 0 Å². The molecule has 5 nitrogen and oxygen atoms in total. The van der Waals surface area contributed by atoms with Gasteiger partial charge in [-0.15, -0.1) is 0 Å². The van der Waals surface area contributed by atoms with Gasteiger partial charge in [-0.1, -0.05) is 12.1 Å². The molecule has 0 unspecified atom stereocenters. The summed E-state index contributed by atoms with van der Waals surface area (Å²) in [6, 6.07) is 6.40. The topological polar surface area (TPSA) is 57.3 Å². The molecule has 2 aromatic rings. The molecule has 1 heterocycles. The molecular formula is C17H19F3N4O. The number of carbonyl (C=O) groups excluding carboxylic acids is 1. The minimum Gasteiger partial charge on any atom is -0.382 e. The molecule has 0 aliphatic rings. The lowest BCUT2D eigenvalue weighted by atomic mass is 10.1. The fourth-order valence-electron chi connectivity index (χ4n) is 2.12. The summed E-state index contributed by atoms with van der Waals surface area (Å²) in [5, 5.41) is 5.41. The number of likely N-dealkylation sites (N-methyl/N-ethyl adjacent to an activating group) is 1. The van der Waals surface area contributed by atoms with Crippen molar-refractivity contribution < 1.29 is 18.0 Å². The number of para-hydroxylation sites is 1. The third-order valence-electron chi connectivity index (χ3n) is 3.37. The number of benzene rings is 1. The number of hydrogen-bond donors (Lipinski definition) is 2. The molecule has 0 saturated heterocycles. The van der Waals surface area contributed by atoms with E-state index in [1.54, 1.807) is 12.3 Å². The molecule has 0 bridgehead atoms. The highest BCUT2D eigenvalue weighted by atomic mass is 19.4. The number of anilines is 2. The largest absolute Gasteiger partial charge is 0.418 e. The highest BCUT2D eigenvalue weighted by molar-refractivity contribution is 6.05. The van der Waals surface area contributed by atoms with Crippen LogP contribution in [0.5, 0.6) is 0 Å². The lowest BCUT2D eigenvalue weighted by molar-refractivity contribution is -0.136. The van der Waals surface area contributed by atoms with Crippen molar-refractivity contribution in [1.29, 1.82) is 0 Å². The summed E-state index contributed by atoms with van der Waals surface area (Å²) in [7, 11) is 3.86. The van der Waals surface area contributed by atoms with E-state index in [4.69, 9.17) is 0 Å². The highest BCUT2D eigenvalue weighted by Crippen LogP contribution is 2.34. The second kappa shape index (κ2) is 7.98. The lowest BCUT2D eigenvalue weighted by Crippen LogP contribution is -2.21. The minimum atomic E-state index is -4.54. The number of carbonyl (C=O) groups is 1. The van der Waals surface area contributed by atoms with Gasteiger partial charge < -0.3 is 15.5 Å². The average molecular weight is 352 g/mol. The molecule has 2 N–H and O–H groups in total. The van der Waals surface area contributed by atoms with E-state index in [0.29, 0.717) is 12.2 Å². The second-order valence-corrected chi connectivity index (χ2v) is 5.69. The Morgan fingerprint density at radius 1 is 1.20 bits per heavy atom. The summed E-state index contributed by atoms with van der Waals surface area (Å²) < 4.78 is 39.0. The van der Waals surface area contributed by atoms with Gasteiger partial charge in [-0.25, -0.2) is 0 Å². The van der Waals surface area contributed by atoms with Crippen LogP contribution in [0.15, 0.2) is 42.7 Å². The van der Waals surface area contributed by atoms with Crippen molar-refractivity contribution in [3.63, 3.8) is 0 Å². The zero-order chi connectivity index (χ0) is 18.4. The van der Waals surface area contributed by atoms with Crippen molar-refractivity contribution >= 4 is 17.3 Å². The summed E-state index contributed by atoms with van der Waals surface area (Å²) in [6.45, 7) is 1.44. The number of rotatable bonds is 6. The SMILES string of the molecule is CN(C)CCNc1cncc(C(=O)Nc2ccccc2C(F)(F)F)c1. The van der Waals surface area contributed by atoms with Crippen LogP contribution in [0, 0.1) is 0 Å². The lowest BCUT2D eigenvalue weighted by Gasteiger charge is -2.14. The molecule has 1 aromatic carbocycles. The van der Waals surface area contributed by atoms with Gasteiger partial charge in [0, 0.05) is 25.5 Å². The number of alkyl halides is 3. The molecule has 1 aromatic heterocycles. The molecule has 134 valence electrons. The Balaban J connectivity index is 2.12. The molecule has 0 aliphatic carbocycles. The maximum Gasteiger partial charge on any atom is 0.418 e. The Morgan fingerprint density at radius 2 is 1.92 bits per heavy atom. The first kappa shape index (κ1) is 18.7. The van der Waals surface area contributed by atoms with E-state index in [2.05, 4.69) is 15.6 Å². The Labute approximate surface area is 143 Å². The Hall–Kier alpha value is -2.61. The molecule has 1 amide bonds. The molecule has 0 fully saturated rings. The standard InChI is InChI=1S/C17H19F3N4O/c1-24(2)8-7-22-13-9-12(10-21-11-13)16(25)23-15-6-4-3-5-14(15)17(18,19)20/h3-6,9-11,22H,7-8H2,1-2H3,(H,23,25). The van der Waals surface area contributed by atoms with E-state index in [0.717, 1.165) is 12.6 Å². The second-order valence-electron chi connectivity index (χ2n) is 5.69. The minimum absolute atomic E-state index is 0.173. The van der Waals surface area contributed by atoms with Gasteiger partial charge in [0.2, 0.25) is 0 Å². The van der Waals surface area contributed by atoms with Crippen LogP contribution in [0.3, 0.4) is 0 Å². The smallest absolute Gasteiger partial charge is 0.382 e. The van der Waals surface area contributed by atoms with Crippen molar-refractivity contribution in [3.8, 4) is 0 Å². The first-order chi connectivity index (χ1) is 11.8. The van der Waals surface area contributed by atoms with E-state index < -0.39 is 17.6 Å². The fourth-order valence-corrected chi connectivity index (χ4v) is 2.12. The molecule has 2 rings (SSSR count). The predicted molar refractivity (Wildman–Crippen MR) is 90.7 cm³/mol. The molecule has 0 atom stereocenters. The van der Waals surface area contributed by atoms with Crippen LogP contribution in [0.4, 0.5) is 24.5 Å². The Morgan fingerprint density at radius 3 is 2.60 bits per heavy atom. The van der Waals surface area contributed by atoms with Gasteiger partial charge >= 0.3 is 6.18 Å². The number of pyridine rings is 1. The number of nitrogens with zero attached hydrogens (tertiary/aromatic N) is 2. The number of hydrogen-bond acceptors (Lipinski definition) is 4. The third-order valence-corrected chi connectivity index (χ3v) is 3.37. The van der Waals surface area contributed by atoms with Crippen LogP contribution in [0.1, 0.15) is 15.9 Å². The molecule has 0 aliphatic heterocycles. The number of nitrogens with one attached hydrogen (secondary N) is 2. The van der Waals surface area contributed by atoms with Crippen LogP contribution < -0.4 is 10.6 Å². The highest BCUT2D eigenvalue weighted by Gasteiger charge is 2.33. The van der Waals surface area contributed by atoms with Crippen LogP contribution in [0.25, 0.3) is 0 Å². The monoisotopic (exact) mass is 352 g/mol. The molecule has 8 heteroatoms. The van der Waals surface area contributed by atoms with Crippen molar-refractivity contribution in [2.24, 2.45) is 0 Å². The Bertz CT molecular complexity index is 732. The van der Waals surface area contributed by atoms with Gasteiger partial charge in [0.15, 0.2) is 0 Å². The summed E-state index contributed by atoms with van der Waals surface area (Å²) in [6.07, 6.45) is -1.68. The number of halogens is 3. The zero-order valence-corrected chi connectivity index (χ0v) is 13.9. The first-order valence-corrected chi connectivity index (χ1v) is 7.58. The maximum atomic E-state index is 13.0. The van der Waals surface area contributed by atoms with E-state index >= 15 is 0 Å². The van der Waals surface area contributed by atoms with Crippen molar-refractivity contribution in [2.75, 3.05) is 37.8 Å². The maximum absolute atomic E-state index is 13.0. The van der Waals surface area contributed by atoms with Gasteiger partial charge in [0.1, 0.15) is 0 Å². The molecule has 25 heavy (non-hydrogen) atoms. The van der Waals surface area contributed by atoms with E-state index in [-0.39, 0.29) is 11.3 Å². The van der Waals surface area contributed by atoms with Crippen molar-refractivity contribution in [3.05, 3.63) is 53.9 Å². The van der Waals surface area contributed by atoms with Gasteiger partial charge in [-0.2, -0.15) is 13.2 Å². The summed E-state index contributed by atoms with van der Waals surface area (Å²) >= 11 is 0. The predicted octanol–water partition coefficient (Wildman–Crippen LogP) is 3.33. The zero-order valence-electron chi connectivity index (χ0n) is 13.9. The van der Waals surface area contributed by atoms with E-state index in [9.17, 15) is 18.0 Å². The third kappa shape index (κ3) is 5.46. The average Bonchev–Trinajstić information content (AvgIpc) is 2.54. The van der Waals surface area contributed by atoms with Gasteiger partial charge in [0.25, 0.3) is 5.91 Å². The Kier molecular flexibility index (Phi) is 5.97. The number of amides is 1. The van der Waals surface area contributed by atoms with Crippen LogP contribution >= 0.6 is 0 Å². The van der Waals surface area contributed by atoms with Crippen LogP contribution in [-0.2, 0) is 6.18 Å². The fraction of sp³-hybridized carbons (Fsp3) is 0.294. The molecule has 0 saturated carbocycles. The summed E-state index contributed by atoms with van der Waals surface area (Å²) in [4.78, 5) is 18.2. The van der Waals surface area contributed by atoms with Gasteiger partial charge in [-0.05, 0) is 32.3 Å². The van der Waals surface area contributed by atoms with Gasteiger partial charge in [-0.3, -0.25) is 9.78 Å². The summed E-state index contributed by atoms with van der Waals surface area (Å²) in [5.74, 6) is -0.652. The molecular weight excluding hydrogens is 333 g/mol. The van der Waals surface area contributed by atoms with E-state index in [1.165, 1.54) is 24.4 Å². The van der Waals surface area contributed by atoms with E-state index in [1.807, 2.05) is 19.0 Å². The molecule has 0 radical (unpaired) electrons. The summed E-state index contributed by atoms with van der Waals surface area (Å²) in [5.41, 5.74) is -0.382. The van der Waals surface area contributed by atoms with Crippen molar-refractivity contribution in [2.45, 2.75) is 6.18 Å². The normalized spacial score (nSPS) is 11.4. The van der Waals surface area contributed by atoms with Crippen molar-refractivity contribution in [1.82, 2.24) is 9.88 Å². The quantitative estimate of drug-likeness (QED) is 0.837. The molecule has 0 spiro atoms. The number of aromatic nitrogens is 1. The van der Waals surface area contributed by atoms with Gasteiger partial charge in [0.05, 0.1) is 22.5 Å².